The van der Waals surface area contributed by atoms with Crippen LogP contribution in [-0.4, -0.2) is 33.0 Å². The molecule has 3 aromatic rings. The van der Waals surface area contributed by atoms with Gasteiger partial charge in [-0.1, -0.05) is 12.1 Å². The molecule has 0 spiro atoms. The van der Waals surface area contributed by atoms with E-state index in [1.54, 1.807) is 0 Å². The molecule has 1 fully saturated rings. The summed E-state index contributed by atoms with van der Waals surface area (Å²) < 4.78 is 71.7. The molecule has 1 aromatic carbocycles. The van der Waals surface area contributed by atoms with Gasteiger partial charge < -0.3 is 4.90 Å². The van der Waals surface area contributed by atoms with Crippen molar-refractivity contribution in [3.05, 3.63) is 60.2 Å². The van der Waals surface area contributed by atoms with Gasteiger partial charge in [0.25, 0.3) is 0 Å². The predicted molar refractivity (Wildman–Crippen MR) is 79.4 cm³/mol. The third kappa shape index (κ3) is 2.33. The molecule has 1 aliphatic heterocycles. The fraction of sp³-hybridized carbons (Fsp3) is 0.250. The molecule has 4 rings (SSSR count). The van der Waals surface area contributed by atoms with E-state index in [-0.39, 0.29) is 11.4 Å². The standard InChI is InChI=1S/C16H11F5N4/c17-11-3-1-2-10(8-11)14-16(20,21)15(18,19)9-24(14)13-5-4-12-22-6-7-25(12)23-13/h1-8,14H,9H2. The number of nitrogens with zero attached hydrogens (tertiary/aromatic N) is 4. The lowest BCUT2D eigenvalue weighted by Crippen LogP contribution is -2.40. The third-order valence-corrected chi connectivity index (χ3v) is 4.21. The van der Waals surface area contributed by atoms with Crippen molar-refractivity contribution in [3.63, 3.8) is 0 Å². The normalized spacial score (nSPS) is 21.8. The molecule has 3 heterocycles. The van der Waals surface area contributed by atoms with Crippen LogP contribution in [0.2, 0.25) is 0 Å². The highest BCUT2D eigenvalue weighted by atomic mass is 19.3. The second-order valence-electron chi connectivity index (χ2n) is 5.83. The lowest BCUT2D eigenvalue weighted by Gasteiger charge is -2.28. The lowest BCUT2D eigenvalue weighted by atomic mass is 9.99. The maximum absolute atomic E-state index is 14.4. The number of aromatic nitrogens is 3. The highest BCUT2D eigenvalue weighted by Crippen LogP contribution is 2.53. The second-order valence-corrected chi connectivity index (χ2v) is 5.83. The van der Waals surface area contributed by atoms with Crippen molar-refractivity contribution in [2.24, 2.45) is 0 Å². The van der Waals surface area contributed by atoms with Gasteiger partial charge in [0, 0.05) is 12.4 Å². The number of imidazole rings is 1. The Bertz CT molecular complexity index is 939. The minimum atomic E-state index is -4.38. The van der Waals surface area contributed by atoms with Gasteiger partial charge in [0.15, 0.2) is 11.5 Å². The molecule has 0 aliphatic carbocycles. The molecule has 0 N–H and O–H groups in total. The van der Waals surface area contributed by atoms with E-state index in [4.69, 9.17) is 0 Å². The van der Waals surface area contributed by atoms with Crippen molar-refractivity contribution < 1.29 is 22.0 Å². The van der Waals surface area contributed by atoms with Gasteiger partial charge in [0.05, 0.1) is 6.54 Å². The molecular weight excluding hydrogens is 343 g/mol. The van der Waals surface area contributed by atoms with E-state index < -0.39 is 30.2 Å². The summed E-state index contributed by atoms with van der Waals surface area (Å²) >= 11 is 0. The zero-order valence-corrected chi connectivity index (χ0v) is 12.6. The summed E-state index contributed by atoms with van der Waals surface area (Å²) in [6.45, 7) is -1.23. The quantitative estimate of drug-likeness (QED) is 0.658. The summed E-state index contributed by atoms with van der Waals surface area (Å²) in [5.74, 6) is -9.51. The van der Waals surface area contributed by atoms with Crippen LogP contribution in [0.4, 0.5) is 27.8 Å². The molecule has 2 aromatic heterocycles. The summed E-state index contributed by atoms with van der Waals surface area (Å²) in [7, 11) is 0. The molecule has 25 heavy (non-hydrogen) atoms. The minimum absolute atomic E-state index is 0.0726. The first-order valence-electron chi connectivity index (χ1n) is 7.38. The number of hydrogen-bond acceptors (Lipinski definition) is 3. The van der Waals surface area contributed by atoms with Gasteiger partial charge in [0.2, 0.25) is 0 Å². The first-order chi connectivity index (χ1) is 11.8. The van der Waals surface area contributed by atoms with Crippen LogP contribution < -0.4 is 4.90 Å². The Morgan fingerprint density at radius 1 is 1.08 bits per heavy atom. The van der Waals surface area contributed by atoms with Crippen LogP contribution in [0.15, 0.2) is 48.8 Å². The fourth-order valence-corrected chi connectivity index (χ4v) is 3.04. The van der Waals surface area contributed by atoms with Gasteiger partial charge in [-0.2, -0.15) is 17.6 Å². The number of alkyl halides is 4. The monoisotopic (exact) mass is 354 g/mol. The smallest absolute Gasteiger partial charge is 0.335 e. The van der Waals surface area contributed by atoms with Crippen LogP contribution in [0.5, 0.6) is 0 Å². The molecule has 4 nitrogen and oxygen atoms in total. The molecule has 1 saturated heterocycles. The molecule has 0 saturated carbocycles. The Morgan fingerprint density at radius 2 is 1.88 bits per heavy atom. The fourth-order valence-electron chi connectivity index (χ4n) is 3.04. The summed E-state index contributed by atoms with van der Waals surface area (Å²) in [5, 5.41) is 4.07. The molecule has 0 amide bonds. The van der Waals surface area contributed by atoms with Crippen molar-refractivity contribution in [1.82, 2.24) is 14.6 Å². The van der Waals surface area contributed by atoms with Crippen molar-refractivity contribution in [2.45, 2.75) is 17.9 Å². The predicted octanol–water partition coefficient (Wildman–Crippen LogP) is 3.70. The Morgan fingerprint density at radius 3 is 2.64 bits per heavy atom. The van der Waals surface area contributed by atoms with Gasteiger partial charge >= 0.3 is 11.8 Å². The van der Waals surface area contributed by atoms with Crippen molar-refractivity contribution >= 4 is 11.5 Å². The summed E-state index contributed by atoms with van der Waals surface area (Å²) in [6.07, 6.45) is 2.92. The van der Waals surface area contributed by atoms with Crippen molar-refractivity contribution in [1.29, 1.82) is 0 Å². The van der Waals surface area contributed by atoms with Crippen LogP contribution in [0.25, 0.3) is 5.65 Å². The number of halogens is 5. The maximum atomic E-state index is 14.4. The van der Waals surface area contributed by atoms with Crippen LogP contribution in [0.3, 0.4) is 0 Å². The topological polar surface area (TPSA) is 33.4 Å². The van der Waals surface area contributed by atoms with Gasteiger partial charge in [-0.15, -0.1) is 5.10 Å². The highest BCUT2D eigenvalue weighted by molar-refractivity contribution is 5.51. The van der Waals surface area contributed by atoms with Crippen LogP contribution in [-0.2, 0) is 0 Å². The molecule has 1 unspecified atom stereocenters. The Kier molecular flexibility index (Phi) is 3.25. The van der Waals surface area contributed by atoms with Gasteiger partial charge in [-0.3, -0.25) is 0 Å². The van der Waals surface area contributed by atoms with E-state index in [0.29, 0.717) is 5.65 Å². The molecular formula is C16H11F5N4. The minimum Gasteiger partial charge on any atom is -0.335 e. The molecule has 9 heteroatoms. The number of hydrogen-bond donors (Lipinski definition) is 0. The van der Waals surface area contributed by atoms with Crippen LogP contribution in [0.1, 0.15) is 11.6 Å². The Hall–Kier alpha value is -2.71. The first-order valence-corrected chi connectivity index (χ1v) is 7.38. The zero-order valence-electron chi connectivity index (χ0n) is 12.6. The SMILES string of the molecule is Fc1cccc(C2N(c3ccc4nccn4n3)CC(F)(F)C2(F)F)c1. The zero-order chi connectivity index (χ0) is 17.8. The highest BCUT2D eigenvalue weighted by Gasteiger charge is 2.69. The van der Waals surface area contributed by atoms with E-state index in [0.717, 1.165) is 17.0 Å². The first kappa shape index (κ1) is 15.8. The average Bonchev–Trinajstić information content (AvgIpc) is 3.07. The molecule has 1 atom stereocenters. The largest absolute Gasteiger partial charge is 0.335 e. The molecule has 0 bridgehead atoms. The van der Waals surface area contributed by atoms with Crippen LogP contribution >= 0.6 is 0 Å². The van der Waals surface area contributed by atoms with E-state index in [1.165, 1.54) is 41.2 Å². The van der Waals surface area contributed by atoms with E-state index in [9.17, 15) is 22.0 Å². The van der Waals surface area contributed by atoms with E-state index >= 15 is 0 Å². The number of rotatable bonds is 2. The van der Waals surface area contributed by atoms with Gasteiger partial charge in [-0.05, 0) is 29.8 Å². The Labute approximate surface area is 138 Å². The summed E-state index contributed by atoms with van der Waals surface area (Å²) in [4.78, 5) is 4.77. The molecule has 1 aliphatic rings. The second kappa shape index (κ2) is 5.14. The van der Waals surface area contributed by atoms with Crippen molar-refractivity contribution in [3.8, 4) is 0 Å². The average molecular weight is 354 g/mol. The molecule has 0 radical (unpaired) electrons. The number of fused-ring (bicyclic) bond motifs is 1. The lowest BCUT2D eigenvalue weighted by molar-refractivity contribution is -0.187. The third-order valence-electron chi connectivity index (χ3n) is 4.21. The molecule has 130 valence electrons. The Balaban J connectivity index is 1.86. The van der Waals surface area contributed by atoms with Crippen LogP contribution in [0, 0.1) is 5.82 Å². The van der Waals surface area contributed by atoms with Crippen molar-refractivity contribution in [2.75, 3.05) is 11.4 Å². The number of benzene rings is 1. The van der Waals surface area contributed by atoms with Gasteiger partial charge in [0.1, 0.15) is 11.9 Å². The van der Waals surface area contributed by atoms with Gasteiger partial charge in [-0.25, -0.2) is 13.9 Å². The van der Waals surface area contributed by atoms with E-state index in [2.05, 4.69) is 10.1 Å². The maximum Gasteiger partial charge on any atom is 0.335 e. The summed E-state index contributed by atoms with van der Waals surface area (Å²) in [6, 6.07) is 5.10. The van der Waals surface area contributed by atoms with E-state index in [1.807, 2.05) is 0 Å². The number of anilines is 1. The summed E-state index contributed by atoms with van der Waals surface area (Å²) in [5.41, 5.74) is 0.207.